The van der Waals surface area contributed by atoms with Gasteiger partial charge in [0, 0.05) is 25.3 Å². The minimum atomic E-state index is -0.851. The number of anilines is 1. The van der Waals surface area contributed by atoms with Crippen LogP contribution in [-0.2, 0) is 11.3 Å². The van der Waals surface area contributed by atoms with Crippen molar-refractivity contribution in [1.82, 2.24) is 10.6 Å². The van der Waals surface area contributed by atoms with Gasteiger partial charge in [0.1, 0.15) is 12.3 Å². The number of nitrogens with one attached hydrogen (secondary N) is 2. The molecule has 2 aromatic rings. The van der Waals surface area contributed by atoms with Crippen molar-refractivity contribution in [2.75, 3.05) is 37.7 Å². The third-order valence-electron chi connectivity index (χ3n) is 4.30. The minimum Gasteiger partial charge on any atom is -0.494 e. The third-order valence-corrected chi connectivity index (χ3v) is 4.30. The summed E-state index contributed by atoms with van der Waals surface area (Å²) in [5.74, 6) is 0.828. The zero-order chi connectivity index (χ0) is 19.6. The fourth-order valence-electron chi connectivity index (χ4n) is 2.94. The monoisotopic (exact) mass is 382 g/mol. The summed E-state index contributed by atoms with van der Waals surface area (Å²) in [6.45, 7) is 3.64. The number of guanidine groups is 1. The highest BCUT2D eigenvalue weighted by Gasteiger charge is 2.11. The van der Waals surface area contributed by atoms with Gasteiger partial charge in [0.05, 0.1) is 13.2 Å². The van der Waals surface area contributed by atoms with E-state index in [0.29, 0.717) is 13.2 Å². The second-order valence-electron chi connectivity index (χ2n) is 6.52. The fourth-order valence-corrected chi connectivity index (χ4v) is 2.94. The molecule has 0 atom stereocenters. The number of aliphatic carboxylic acids is 1. The van der Waals surface area contributed by atoms with Crippen LogP contribution in [0, 0.1) is 0 Å². The van der Waals surface area contributed by atoms with Crippen LogP contribution in [-0.4, -0.2) is 49.8 Å². The van der Waals surface area contributed by atoms with Crippen LogP contribution in [0.5, 0.6) is 5.75 Å². The van der Waals surface area contributed by atoms with Crippen molar-refractivity contribution in [3.63, 3.8) is 0 Å². The zero-order valence-electron chi connectivity index (χ0n) is 15.8. The Hall–Kier alpha value is -3.22. The molecule has 28 heavy (non-hydrogen) atoms. The summed E-state index contributed by atoms with van der Waals surface area (Å²) < 4.78 is 5.77. The van der Waals surface area contributed by atoms with Gasteiger partial charge in [-0.1, -0.05) is 30.3 Å². The Bertz CT molecular complexity index is 778. The second kappa shape index (κ2) is 10.2. The number of carboxylic acids is 1. The molecule has 2 aromatic carbocycles. The lowest BCUT2D eigenvalue weighted by Gasteiger charge is -2.23. The summed E-state index contributed by atoms with van der Waals surface area (Å²) >= 11 is 0. The first-order chi connectivity index (χ1) is 13.7. The Morgan fingerprint density at radius 3 is 2.64 bits per heavy atom. The van der Waals surface area contributed by atoms with E-state index in [0.717, 1.165) is 49.0 Å². The Labute approximate surface area is 165 Å². The van der Waals surface area contributed by atoms with Crippen molar-refractivity contribution >= 4 is 17.6 Å². The van der Waals surface area contributed by atoms with Crippen molar-refractivity contribution in [3.8, 4) is 5.75 Å². The zero-order valence-corrected chi connectivity index (χ0v) is 15.8. The number of aliphatic imine (C=N–C) groups is 1. The van der Waals surface area contributed by atoms with Crippen molar-refractivity contribution in [2.45, 2.75) is 13.0 Å². The van der Waals surface area contributed by atoms with Gasteiger partial charge in [0.25, 0.3) is 0 Å². The molecule has 0 unspecified atom stereocenters. The molecule has 148 valence electrons. The molecule has 3 rings (SSSR count). The molecular weight excluding hydrogens is 356 g/mol. The highest BCUT2D eigenvalue weighted by molar-refractivity contribution is 5.81. The van der Waals surface area contributed by atoms with E-state index in [1.54, 1.807) is 0 Å². The van der Waals surface area contributed by atoms with Gasteiger partial charge in [-0.2, -0.15) is 0 Å². The maximum atomic E-state index is 11.2. The molecule has 0 aliphatic carbocycles. The molecule has 1 heterocycles. The number of carbonyl (C=O) groups is 1. The Balaban J connectivity index is 1.46. The van der Waals surface area contributed by atoms with Crippen LogP contribution in [0.1, 0.15) is 12.0 Å². The highest BCUT2D eigenvalue weighted by Crippen LogP contribution is 2.19. The number of para-hydroxylation sites is 1. The van der Waals surface area contributed by atoms with E-state index < -0.39 is 5.97 Å². The van der Waals surface area contributed by atoms with Crippen molar-refractivity contribution < 1.29 is 14.6 Å². The van der Waals surface area contributed by atoms with Gasteiger partial charge in [0.2, 0.25) is 0 Å². The molecule has 3 N–H and O–H groups in total. The number of hydrogen-bond donors (Lipinski definition) is 3. The van der Waals surface area contributed by atoms with Crippen LogP contribution >= 0.6 is 0 Å². The molecule has 0 bridgehead atoms. The average molecular weight is 382 g/mol. The number of benzene rings is 2. The van der Waals surface area contributed by atoms with Crippen LogP contribution in [0.2, 0.25) is 0 Å². The number of carboxylic acid groups (broad SMARTS) is 1. The largest absolute Gasteiger partial charge is 0.494 e. The van der Waals surface area contributed by atoms with Crippen LogP contribution in [0.4, 0.5) is 5.69 Å². The first-order valence-electron chi connectivity index (χ1n) is 9.46. The molecule has 0 aromatic heterocycles. The lowest BCUT2D eigenvalue weighted by Crippen LogP contribution is -2.34. The van der Waals surface area contributed by atoms with E-state index in [1.165, 1.54) is 0 Å². The lowest BCUT2D eigenvalue weighted by molar-refractivity contribution is -0.135. The summed E-state index contributed by atoms with van der Waals surface area (Å²) in [6.07, 6.45) is 0.878. The van der Waals surface area contributed by atoms with Gasteiger partial charge in [-0.15, -0.1) is 0 Å². The molecule has 1 aliphatic rings. The molecule has 0 saturated carbocycles. The molecule has 7 nitrogen and oxygen atoms in total. The van der Waals surface area contributed by atoms with E-state index in [1.807, 2.05) is 59.5 Å². The van der Waals surface area contributed by atoms with Crippen molar-refractivity contribution in [1.29, 1.82) is 0 Å². The van der Waals surface area contributed by atoms with Gasteiger partial charge in [-0.3, -0.25) is 9.79 Å². The predicted octanol–water partition coefficient (Wildman–Crippen LogP) is 2.10. The standard InChI is InChI=1S/C21H26N4O3/c26-20(27)16-25(18-5-2-1-3-6-18)15-17-7-9-19(10-8-17)28-14-4-11-22-21-23-12-13-24-21/h1-3,5-10H,4,11-16H2,(H,26,27)(H2,22,23,24). The van der Waals surface area contributed by atoms with Gasteiger partial charge in [-0.25, -0.2) is 0 Å². The van der Waals surface area contributed by atoms with Crippen LogP contribution in [0.15, 0.2) is 59.6 Å². The predicted molar refractivity (Wildman–Crippen MR) is 110 cm³/mol. The van der Waals surface area contributed by atoms with Crippen LogP contribution < -0.4 is 20.3 Å². The van der Waals surface area contributed by atoms with E-state index in [9.17, 15) is 9.90 Å². The summed E-state index contributed by atoms with van der Waals surface area (Å²) in [6, 6.07) is 17.4. The van der Waals surface area contributed by atoms with Crippen LogP contribution in [0.3, 0.4) is 0 Å². The minimum absolute atomic E-state index is 0.0462. The van der Waals surface area contributed by atoms with Gasteiger partial charge < -0.3 is 25.4 Å². The molecule has 1 aliphatic heterocycles. The number of ether oxygens (including phenoxy) is 1. The van der Waals surface area contributed by atoms with E-state index in [4.69, 9.17) is 4.74 Å². The number of nitrogens with zero attached hydrogens (tertiary/aromatic N) is 2. The second-order valence-corrected chi connectivity index (χ2v) is 6.52. The van der Waals surface area contributed by atoms with Crippen molar-refractivity contribution in [2.24, 2.45) is 4.99 Å². The first kappa shape index (κ1) is 19.5. The quantitative estimate of drug-likeness (QED) is 0.546. The normalized spacial score (nSPS) is 12.8. The summed E-state index contributed by atoms with van der Waals surface area (Å²) in [7, 11) is 0. The topological polar surface area (TPSA) is 86.2 Å². The summed E-state index contributed by atoms with van der Waals surface area (Å²) in [5, 5.41) is 15.6. The highest BCUT2D eigenvalue weighted by atomic mass is 16.5. The van der Waals surface area contributed by atoms with E-state index in [-0.39, 0.29) is 6.54 Å². The Kier molecular flexibility index (Phi) is 7.12. The Morgan fingerprint density at radius 2 is 1.96 bits per heavy atom. The molecule has 0 radical (unpaired) electrons. The number of hydrogen-bond acceptors (Lipinski definition) is 6. The molecule has 7 heteroatoms. The lowest BCUT2D eigenvalue weighted by atomic mass is 10.2. The third kappa shape index (κ3) is 6.19. The molecule has 0 spiro atoms. The number of rotatable bonds is 10. The van der Waals surface area contributed by atoms with Gasteiger partial charge in [-0.05, 0) is 36.2 Å². The van der Waals surface area contributed by atoms with E-state index >= 15 is 0 Å². The molecule has 0 saturated heterocycles. The van der Waals surface area contributed by atoms with E-state index in [2.05, 4.69) is 15.6 Å². The summed E-state index contributed by atoms with van der Waals surface area (Å²) in [5.41, 5.74) is 1.92. The molecule has 0 fully saturated rings. The van der Waals surface area contributed by atoms with Crippen molar-refractivity contribution in [3.05, 3.63) is 60.2 Å². The molecule has 0 amide bonds. The first-order valence-corrected chi connectivity index (χ1v) is 9.46. The van der Waals surface area contributed by atoms with Crippen LogP contribution in [0.25, 0.3) is 0 Å². The Morgan fingerprint density at radius 1 is 1.18 bits per heavy atom. The summed E-state index contributed by atoms with van der Waals surface area (Å²) in [4.78, 5) is 17.3. The average Bonchev–Trinajstić information content (AvgIpc) is 3.22. The fraction of sp³-hybridized carbons (Fsp3) is 0.333. The maximum absolute atomic E-state index is 11.2. The van der Waals surface area contributed by atoms with Gasteiger partial charge in [0.15, 0.2) is 5.96 Å². The smallest absolute Gasteiger partial charge is 0.323 e. The maximum Gasteiger partial charge on any atom is 0.323 e. The van der Waals surface area contributed by atoms with Gasteiger partial charge >= 0.3 is 5.97 Å². The molecular formula is C21H26N4O3. The SMILES string of the molecule is O=C(O)CN(Cc1ccc(OCCCNC2=NCCN2)cc1)c1ccccc1.